The molecule has 2 aliphatic heterocycles. The lowest BCUT2D eigenvalue weighted by molar-refractivity contribution is -0.159. The molecule has 0 bridgehead atoms. The number of morpholine rings is 2. The highest BCUT2D eigenvalue weighted by molar-refractivity contribution is 6.30. The predicted octanol–water partition coefficient (Wildman–Crippen LogP) is 3.72. The molecule has 2 aromatic carbocycles. The molecule has 1 amide bonds. The van der Waals surface area contributed by atoms with Crippen molar-refractivity contribution in [3.8, 4) is 5.75 Å². The fourth-order valence-corrected chi connectivity index (χ4v) is 4.83. The highest BCUT2D eigenvalue weighted by Crippen LogP contribution is 2.27. The van der Waals surface area contributed by atoms with Crippen LogP contribution in [0.5, 0.6) is 5.75 Å². The quantitative estimate of drug-likeness (QED) is 0.554. The third-order valence-corrected chi connectivity index (χ3v) is 6.76. The Bertz CT molecular complexity index is 1110. The van der Waals surface area contributed by atoms with Crippen LogP contribution in [0.15, 0.2) is 54.7 Å². The zero-order chi connectivity index (χ0) is 23.4. The molecule has 1 unspecified atom stereocenters. The summed E-state index contributed by atoms with van der Waals surface area (Å²) in [7, 11) is 0. The first-order chi connectivity index (χ1) is 16.6. The van der Waals surface area contributed by atoms with E-state index < -0.39 is 5.60 Å². The number of benzene rings is 2. The Morgan fingerprint density at radius 3 is 2.71 bits per heavy atom. The first kappa shape index (κ1) is 23.2. The molecule has 0 aliphatic carbocycles. The first-order valence-electron chi connectivity index (χ1n) is 11.7. The Morgan fingerprint density at radius 2 is 1.88 bits per heavy atom. The van der Waals surface area contributed by atoms with Crippen molar-refractivity contribution in [1.82, 2.24) is 14.8 Å². The van der Waals surface area contributed by atoms with Gasteiger partial charge in [-0.2, -0.15) is 0 Å². The summed E-state index contributed by atoms with van der Waals surface area (Å²) in [6, 6.07) is 15.8. The summed E-state index contributed by atoms with van der Waals surface area (Å²) in [5.41, 5.74) is 1.64. The SMILES string of the molecule is O=C(CC1(COc2ccc(Cl)cc2)CN(Cc2ccc3[nH]ccc3c2)CCO1)N1CCOCC1. The van der Waals surface area contributed by atoms with Gasteiger partial charge in [0.2, 0.25) is 5.91 Å². The highest BCUT2D eigenvalue weighted by atomic mass is 35.5. The van der Waals surface area contributed by atoms with Gasteiger partial charge in [0, 0.05) is 49.5 Å². The zero-order valence-corrected chi connectivity index (χ0v) is 19.9. The van der Waals surface area contributed by atoms with E-state index in [0.717, 1.165) is 18.6 Å². The topological polar surface area (TPSA) is 67.0 Å². The van der Waals surface area contributed by atoms with Gasteiger partial charge in [-0.3, -0.25) is 9.69 Å². The summed E-state index contributed by atoms with van der Waals surface area (Å²) in [5.74, 6) is 0.792. The molecule has 1 N–H and O–H groups in total. The van der Waals surface area contributed by atoms with Gasteiger partial charge < -0.3 is 24.1 Å². The third kappa shape index (κ3) is 5.55. The van der Waals surface area contributed by atoms with E-state index in [1.807, 2.05) is 23.2 Å². The van der Waals surface area contributed by atoms with E-state index in [1.54, 1.807) is 12.1 Å². The number of aromatic amines is 1. The number of hydrogen-bond donors (Lipinski definition) is 1. The molecule has 0 saturated carbocycles. The van der Waals surface area contributed by atoms with Crippen LogP contribution in [-0.4, -0.2) is 78.9 Å². The van der Waals surface area contributed by atoms with Crippen LogP contribution >= 0.6 is 11.6 Å². The molecule has 3 aromatic rings. The van der Waals surface area contributed by atoms with Crippen LogP contribution in [0.25, 0.3) is 10.9 Å². The molecule has 2 aliphatic rings. The van der Waals surface area contributed by atoms with Crippen LogP contribution in [0.3, 0.4) is 0 Å². The highest BCUT2D eigenvalue weighted by Gasteiger charge is 2.41. The lowest BCUT2D eigenvalue weighted by Crippen LogP contribution is -2.57. The van der Waals surface area contributed by atoms with Crippen molar-refractivity contribution < 1.29 is 19.0 Å². The van der Waals surface area contributed by atoms with Gasteiger partial charge >= 0.3 is 0 Å². The van der Waals surface area contributed by atoms with Crippen LogP contribution in [-0.2, 0) is 20.8 Å². The predicted molar refractivity (Wildman–Crippen MR) is 131 cm³/mol. The van der Waals surface area contributed by atoms with E-state index in [1.165, 1.54) is 10.9 Å². The van der Waals surface area contributed by atoms with E-state index in [4.69, 9.17) is 25.8 Å². The summed E-state index contributed by atoms with van der Waals surface area (Å²) < 4.78 is 17.9. The Labute approximate surface area is 204 Å². The molecular weight excluding hydrogens is 454 g/mol. The van der Waals surface area contributed by atoms with Crippen LogP contribution in [0.2, 0.25) is 5.02 Å². The van der Waals surface area contributed by atoms with Gasteiger partial charge in [0.1, 0.15) is 18.0 Å². The summed E-state index contributed by atoms with van der Waals surface area (Å²) >= 11 is 6.02. The van der Waals surface area contributed by atoms with Gasteiger partial charge in [0.25, 0.3) is 0 Å². The molecule has 0 radical (unpaired) electrons. The summed E-state index contributed by atoms with van der Waals surface area (Å²) in [5, 5.41) is 1.86. The molecule has 34 heavy (non-hydrogen) atoms. The molecule has 7 nitrogen and oxygen atoms in total. The van der Waals surface area contributed by atoms with Crippen molar-refractivity contribution in [2.45, 2.75) is 18.6 Å². The molecule has 3 heterocycles. The number of hydrogen-bond acceptors (Lipinski definition) is 5. The molecular formula is C26H30ClN3O4. The average Bonchev–Trinajstić information content (AvgIpc) is 3.32. The molecule has 2 fully saturated rings. The largest absolute Gasteiger partial charge is 0.491 e. The Balaban J connectivity index is 1.32. The number of amides is 1. The number of H-pyrrole nitrogens is 1. The number of halogens is 1. The van der Waals surface area contributed by atoms with Crippen LogP contribution in [0, 0.1) is 0 Å². The van der Waals surface area contributed by atoms with E-state index >= 15 is 0 Å². The Kier molecular flexibility index (Phi) is 7.06. The molecule has 1 aromatic heterocycles. The third-order valence-electron chi connectivity index (χ3n) is 6.50. The van der Waals surface area contributed by atoms with E-state index in [9.17, 15) is 4.79 Å². The number of carbonyl (C=O) groups excluding carboxylic acids is 1. The maximum absolute atomic E-state index is 13.2. The summed E-state index contributed by atoms with van der Waals surface area (Å²) in [6.07, 6.45) is 2.23. The number of carbonyl (C=O) groups is 1. The fraction of sp³-hybridized carbons (Fsp3) is 0.423. The fourth-order valence-electron chi connectivity index (χ4n) is 4.71. The van der Waals surface area contributed by atoms with Crippen molar-refractivity contribution in [3.05, 3.63) is 65.3 Å². The standard InChI is InChI=1S/C26H30ClN3O4/c27-22-2-4-23(5-3-22)33-19-26(16-25(31)30-10-12-32-13-11-30)18-29(9-14-34-26)17-20-1-6-24-21(15-20)7-8-28-24/h1-8,15,28H,9-14,16-19H2. The lowest BCUT2D eigenvalue weighted by atomic mass is 9.96. The number of nitrogens with one attached hydrogen (secondary N) is 1. The number of nitrogens with zero attached hydrogens (tertiary/aromatic N) is 2. The van der Waals surface area contributed by atoms with Crippen LogP contribution < -0.4 is 4.74 Å². The minimum absolute atomic E-state index is 0.0820. The van der Waals surface area contributed by atoms with Gasteiger partial charge in [-0.15, -0.1) is 0 Å². The van der Waals surface area contributed by atoms with Crippen LogP contribution in [0.4, 0.5) is 0 Å². The van der Waals surface area contributed by atoms with Crippen molar-refractivity contribution in [2.24, 2.45) is 0 Å². The number of rotatable bonds is 7. The van der Waals surface area contributed by atoms with Crippen molar-refractivity contribution in [2.75, 3.05) is 52.6 Å². The molecule has 8 heteroatoms. The maximum Gasteiger partial charge on any atom is 0.225 e. The van der Waals surface area contributed by atoms with Crippen molar-refractivity contribution >= 4 is 28.4 Å². The maximum atomic E-state index is 13.2. The second-order valence-electron chi connectivity index (χ2n) is 9.05. The monoisotopic (exact) mass is 483 g/mol. The second-order valence-corrected chi connectivity index (χ2v) is 9.49. The molecule has 2 saturated heterocycles. The second kappa shape index (κ2) is 10.4. The molecule has 0 spiro atoms. The first-order valence-corrected chi connectivity index (χ1v) is 12.1. The normalized spacial score (nSPS) is 21.6. The van der Waals surface area contributed by atoms with Gasteiger partial charge in [-0.05, 0) is 53.4 Å². The van der Waals surface area contributed by atoms with E-state index in [2.05, 4.69) is 34.1 Å². The molecule has 5 rings (SSSR count). The van der Waals surface area contributed by atoms with Crippen molar-refractivity contribution in [1.29, 1.82) is 0 Å². The minimum atomic E-state index is -0.731. The van der Waals surface area contributed by atoms with Gasteiger partial charge in [-0.25, -0.2) is 0 Å². The minimum Gasteiger partial charge on any atom is -0.491 e. The molecule has 180 valence electrons. The summed E-state index contributed by atoms with van der Waals surface area (Å²) in [6.45, 7) is 5.44. The average molecular weight is 484 g/mol. The zero-order valence-electron chi connectivity index (χ0n) is 19.2. The van der Waals surface area contributed by atoms with Gasteiger partial charge in [0.15, 0.2) is 0 Å². The smallest absolute Gasteiger partial charge is 0.225 e. The Hall–Kier alpha value is -2.58. The van der Waals surface area contributed by atoms with Crippen molar-refractivity contribution in [3.63, 3.8) is 0 Å². The van der Waals surface area contributed by atoms with Crippen LogP contribution in [0.1, 0.15) is 12.0 Å². The summed E-state index contributed by atoms with van der Waals surface area (Å²) in [4.78, 5) is 20.7. The Morgan fingerprint density at radius 1 is 1.06 bits per heavy atom. The number of fused-ring (bicyclic) bond motifs is 1. The number of ether oxygens (including phenoxy) is 3. The van der Waals surface area contributed by atoms with Gasteiger partial charge in [0.05, 0.1) is 26.2 Å². The van der Waals surface area contributed by atoms with Gasteiger partial charge in [-0.1, -0.05) is 17.7 Å². The lowest BCUT2D eigenvalue weighted by Gasteiger charge is -2.43. The van der Waals surface area contributed by atoms with E-state index in [-0.39, 0.29) is 18.9 Å². The number of aromatic nitrogens is 1. The molecule has 1 atom stereocenters. The van der Waals surface area contributed by atoms with E-state index in [0.29, 0.717) is 50.2 Å².